The van der Waals surface area contributed by atoms with Crippen LogP contribution in [0, 0.1) is 0 Å². The summed E-state index contributed by atoms with van der Waals surface area (Å²) in [6, 6.07) is 16.9. The van der Waals surface area contributed by atoms with Crippen molar-refractivity contribution >= 4 is 46.2 Å². The molecule has 26 heavy (non-hydrogen) atoms. The quantitative estimate of drug-likeness (QED) is 0.641. The molecule has 2 amide bonds. The molecular formula is C20H18N2O2S2. The third-order valence-electron chi connectivity index (χ3n) is 4.10. The molecule has 6 heteroatoms. The van der Waals surface area contributed by atoms with Gasteiger partial charge in [0.15, 0.2) is 0 Å². The number of carbonyl (C=O) groups is 2. The van der Waals surface area contributed by atoms with Crippen LogP contribution < -0.4 is 5.32 Å². The van der Waals surface area contributed by atoms with Crippen LogP contribution in [0.1, 0.15) is 34.5 Å². The highest BCUT2D eigenvalue weighted by molar-refractivity contribution is 8.26. The fourth-order valence-electron chi connectivity index (χ4n) is 2.53. The standard InChI is InChI=1S/C20H18N2O2S2/c1-13(15-6-4-3-5-7-15)21-18(23)16-10-8-14(9-11-16)12-17-19(24)22(2)20(25)26-17/h3-13H,1-2H3,(H,21,23)/b17-12-/t13-/m0/s1. The minimum absolute atomic E-state index is 0.0745. The predicted molar refractivity (Wildman–Crippen MR) is 110 cm³/mol. The van der Waals surface area contributed by atoms with Crippen LogP contribution in [0.2, 0.25) is 0 Å². The van der Waals surface area contributed by atoms with E-state index in [2.05, 4.69) is 5.32 Å². The second kappa shape index (κ2) is 7.85. The molecule has 0 saturated carbocycles. The lowest BCUT2D eigenvalue weighted by atomic mass is 10.1. The summed E-state index contributed by atoms with van der Waals surface area (Å²) >= 11 is 6.40. The van der Waals surface area contributed by atoms with Gasteiger partial charge in [0.05, 0.1) is 10.9 Å². The third-order valence-corrected chi connectivity index (χ3v) is 5.59. The molecule has 132 valence electrons. The fraction of sp³-hybridized carbons (Fsp3) is 0.150. The van der Waals surface area contributed by atoms with Crippen molar-refractivity contribution in [1.29, 1.82) is 0 Å². The summed E-state index contributed by atoms with van der Waals surface area (Å²) in [5.74, 6) is -0.230. The molecule has 1 atom stereocenters. The van der Waals surface area contributed by atoms with Crippen LogP contribution >= 0.6 is 24.0 Å². The number of thiocarbonyl (C=S) groups is 1. The monoisotopic (exact) mass is 382 g/mol. The van der Waals surface area contributed by atoms with E-state index in [4.69, 9.17) is 12.2 Å². The lowest BCUT2D eigenvalue weighted by Crippen LogP contribution is -2.26. The van der Waals surface area contributed by atoms with E-state index >= 15 is 0 Å². The number of hydrogen-bond donors (Lipinski definition) is 1. The minimum atomic E-state index is -0.132. The number of hydrogen-bond acceptors (Lipinski definition) is 4. The van der Waals surface area contributed by atoms with Gasteiger partial charge in [-0.1, -0.05) is 66.4 Å². The van der Waals surface area contributed by atoms with Crippen molar-refractivity contribution in [1.82, 2.24) is 10.2 Å². The molecule has 0 unspecified atom stereocenters. The van der Waals surface area contributed by atoms with Gasteiger partial charge in [0, 0.05) is 12.6 Å². The van der Waals surface area contributed by atoms with Crippen molar-refractivity contribution in [3.63, 3.8) is 0 Å². The molecule has 1 aliphatic rings. The van der Waals surface area contributed by atoms with Gasteiger partial charge in [0.2, 0.25) is 0 Å². The Kier molecular flexibility index (Phi) is 5.54. The molecular weight excluding hydrogens is 364 g/mol. The van der Waals surface area contributed by atoms with Gasteiger partial charge in [0.25, 0.3) is 11.8 Å². The number of carbonyl (C=O) groups excluding carboxylic acids is 2. The molecule has 4 nitrogen and oxygen atoms in total. The van der Waals surface area contributed by atoms with Crippen LogP contribution in [0.5, 0.6) is 0 Å². The summed E-state index contributed by atoms with van der Waals surface area (Å²) in [6.45, 7) is 1.95. The van der Waals surface area contributed by atoms with Crippen molar-refractivity contribution in [2.45, 2.75) is 13.0 Å². The Morgan fingerprint density at radius 2 is 1.81 bits per heavy atom. The highest BCUT2D eigenvalue weighted by Gasteiger charge is 2.28. The van der Waals surface area contributed by atoms with E-state index in [0.717, 1.165) is 11.1 Å². The number of benzene rings is 2. The zero-order valence-corrected chi connectivity index (χ0v) is 16.1. The van der Waals surface area contributed by atoms with Crippen molar-refractivity contribution in [3.8, 4) is 0 Å². The molecule has 0 spiro atoms. The fourth-order valence-corrected chi connectivity index (χ4v) is 3.71. The molecule has 0 bridgehead atoms. The first-order chi connectivity index (χ1) is 12.5. The van der Waals surface area contributed by atoms with Gasteiger partial charge < -0.3 is 5.32 Å². The summed E-state index contributed by atoms with van der Waals surface area (Å²) < 4.78 is 0.548. The van der Waals surface area contributed by atoms with Crippen LogP contribution in [-0.4, -0.2) is 28.1 Å². The average molecular weight is 383 g/mol. The highest BCUT2D eigenvalue weighted by atomic mass is 32.2. The van der Waals surface area contributed by atoms with Gasteiger partial charge in [-0.15, -0.1) is 0 Å². The molecule has 2 aromatic rings. The van der Waals surface area contributed by atoms with Gasteiger partial charge in [-0.05, 0) is 36.3 Å². The van der Waals surface area contributed by atoms with E-state index in [9.17, 15) is 9.59 Å². The third kappa shape index (κ3) is 4.03. The topological polar surface area (TPSA) is 49.4 Å². The second-order valence-corrected chi connectivity index (χ2v) is 7.64. The van der Waals surface area contributed by atoms with E-state index < -0.39 is 0 Å². The Bertz CT molecular complexity index is 876. The van der Waals surface area contributed by atoms with Crippen LogP contribution in [0.15, 0.2) is 59.5 Å². The first kappa shape index (κ1) is 18.4. The number of thioether (sulfide) groups is 1. The van der Waals surface area contributed by atoms with Gasteiger partial charge in [0.1, 0.15) is 4.32 Å². The summed E-state index contributed by atoms with van der Waals surface area (Å²) in [6.07, 6.45) is 1.79. The number of rotatable bonds is 4. The zero-order valence-electron chi connectivity index (χ0n) is 14.4. The first-order valence-corrected chi connectivity index (χ1v) is 9.35. The summed E-state index contributed by atoms with van der Waals surface area (Å²) in [5.41, 5.74) is 2.48. The Labute approximate surface area is 162 Å². The van der Waals surface area contributed by atoms with E-state index in [1.165, 1.54) is 16.7 Å². The molecule has 1 fully saturated rings. The highest BCUT2D eigenvalue weighted by Crippen LogP contribution is 2.31. The number of nitrogens with zero attached hydrogens (tertiary/aromatic N) is 1. The second-order valence-electron chi connectivity index (χ2n) is 5.97. The van der Waals surface area contributed by atoms with Crippen molar-refractivity contribution in [3.05, 3.63) is 76.2 Å². The van der Waals surface area contributed by atoms with Gasteiger partial charge in [-0.3, -0.25) is 14.5 Å². The van der Waals surface area contributed by atoms with Crippen molar-refractivity contribution in [2.24, 2.45) is 0 Å². The molecule has 1 N–H and O–H groups in total. The molecule has 0 aliphatic carbocycles. The van der Waals surface area contributed by atoms with Gasteiger partial charge >= 0.3 is 0 Å². The largest absolute Gasteiger partial charge is 0.346 e. The maximum Gasteiger partial charge on any atom is 0.265 e. The minimum Gasteiger partial charge on any atom is -0.346 e. The van der Waals surface area contributed by atoms with E-state index in [0.29, 0.717) is 14.8 Å². The number of nitrogens with one attached hydrogen (secondary N) is 1. The Balaban J connectivity index is 1.69. The zero-order chi connectivity index (χ0) is 18.7. The molecule has 0 aromatic heterocycles. The molecule has 2 aromatic carbocycles. The van der Waals surface area contributed by atoms with Crippen molar-refractivity contribution in [2.75, 3.05) is 7.05 Å². The summed E-state index contributed by atoms with van der Waals surface area (Å²) in [7, 11) is 1.67. The molecule has 3 rings (SSSR count). The van der Waals surface area contributed by atoms with E-state index in [1.807, 2.05) is 49.4 Å². The van der Waals surface area contributed by atoms with Crippen LogP contribution in [-0.2, 0) is 4.79 Å². The molecule has 1 saturated heterocycles. The van der Waals surface area contributed by atoms with Crippen LogP contribution in [0.25, 0.3) is 6.08 Å². The molecule has 1 aliphatic heterocycles. The van der Waals surface area contributed by atoms with Gasteiger partial charge in [-0.2, -0.15) is 0 Å². The van der Waals surface area contributed by atoms with Crippen molar-refractivity contribution < 1.29 is 9.59 Å². The average Bonchev–Trinajstić information content (AvgIpc) is 2.89. The van der Waals surface area contributed by atoms with E-state index in [1.54, 1.807) is 25.3 Å². The lowest BCUT2D eigenvalue weighted by molar-refractivity contribution is -0.121. The lowest BCUT2D eigenvalue weighted by Gasteiger charge is -2.14. The van der Waals surface area contributed by atoms with Crippen LogP contribution in [0.4, 0.5) is 0 Å². The van der Waals surface area contributed by atoms with Gasteiger partial charge in [-0.25, -0.2) is 0 Å². The van der Waals surface area contributed by atoms with Crippen LogP contribution in [0.3, 0.4) is 0 Å². The Hall–Kier alpha value is -2.44. The Morgan fingerprint density at radius 1 is 1.15 bits per heavy atom. The maximum absolute atomic E-state index is 12.4. The van der Waals surface area contributed by atoms with E-state index in [-0.39, 0.29) is 17.9 Å². The normalized spacial score (nSPS) is 16.8. The summed E-state index contributed by atoms with van der Waals surface area (Å²) in [4.78, 5) is 26.5. The number of likely N-dealkylation sites (N-methyl/N-ethyl adjacent to an activating group) is 1. The predicted octanol–water partition coefficient (Wildman–Crippen LogP) is 4.01. The molecule has 1 heterocycles. The first-order valence-electron chi connectivity index (χ1n) is 8.13. The SMILES string of the molecule is C[C@H](NC(=O)c1ccc(/C=C2\SC(=S)N(C)C2=O)cc1)c1ccccc1. The number of amides is 2. The Morgan fingerprint density at radius 3 is 2.38 bits per heavy atom. The summed E-state index contributed by atoms with van der Waals surface area (Å²) in [5, 5.41) is 2.99. The molecule has 0 radical (unpaired) electrons. The maximum atomic E-state index is 12.4. The smallest absolute Gasteiger partial charge is 0.265 e.